The zero-order valence-corrected chi connectivity index (χ0v) is 11.8. The van der Waals surface area contributed by atoms with E-state index in [1.807, 2.05) is 18.2 Å². The first-order chi connectivity index (χ1) is 9.03. The third-order valence-electron chi connectivity index (χ3n) is 4.38. The van der Waals surface area contributed by atoms with Crippen molar-refractivity contribution in [3.8, 4) is 0 Å². The molecular weight excluding hydrogens is 236 g/mol. The number of amides is 1. The van der Waals surface area contributed by atoms with E-state index in [0.29, 0.717) is 11.5 Å². The monoisotopic (exact) mass is 258 g/mol. The molecule has 0 bridgehead atoms. The molecule has 102 valence electrons. The van der Waals surface area contributed by atoms with Crippen LogP contribution in [0.4, 0.5) is 5.69 Å². The van der Waals surface area contributed by atoms with Crippen molar-refractivity contribution >= 4 is 11.6 Å². The van der Waals surface area contributed by atoms with E-state index in [4.69, 9.17) is 0 Å². The van der Waals surface area contributed by atoms with Crippen molar-refractivity contribution in [2.75, 3.05) is 11.9 Å². The first-order valence-corrected chi connectivity index (χ1v) is 7.21. The van der Waals surface area contributed by atoms with Crippen LogP contribution in [-0.2, 0) is 6.42 Å². The second-order valence-electron chi connectivity index (χ2n) is 6.63. The lowest BCUT2D eigenvalue weighted by atomic mass is 9.92. The Morgan fingerprint density at radius 2 is 2.26 bits per heavy atom. The van der Waals surface area contributed by atoms with E-state index < -0.39 is 0 Å². The fourth-order valence-corrected chi connectivity index (χ4v) is 3.27. The number of nitrogens with one attached hydrogen (secondary N) is 2. The molecule has 1 heterocycles. The number of carbonyl (C=O) groups excluding carboxylic acids is 1. The molecule has 0 aromatic heterocycles. The van der Waals surface area contributed by atoms with Crippen molar-refractivity contribution in [1.82, 2.24) is 5.32 Å². The van der Waals surface area contributed by atoms with E-state index in [1.165, 1.54) is 17.7 Å². The third kappa shape index (κ3) is 2.60. The predicted molar refractivity (Wildman–Crippen MR) is 77.5 cm³/mol. The molecule has 0 saturated heterocycles. The predicted octanol–water partition coefficient (Wildman–Crippen LogP) is 2.96. The van der Waals surface area contributed by atoms with Gasteiger partial charge in [0.1, 0.15) is 0 Å². The van der Waals surface area contributed by atoms with Gasteiger partial charge in [-0.05, 0) is 54.9 Å². The maximum absolute atomic E-state index is 12.3. The zero-order chi connectivity index (χ0) is 13.5. The molecule has 1 aliphatic heterocycles. The molecule has 2 N–H and O–H groups in total. The van der Waals surface area contributed by atoms with Crippen molar-refractivity contribution in [2.24, 2.45) is 5.41 Å². The summed E-state index contributed by atoms with van der Waals surface area (Å²) in [5.41, 5.74) is 3.62. The summed E-state index contributed by atoms with van der Waals surface area (Å²) in [4.78, 5) is 12.3. The fraction of sp³-hybridized carbons (Fsp3) is 0.562. The SMILES string of the molecule is CC1(C)CCC(NC(=O)c2ccc3c(c2)CCN3)C1. The Bertz CT molecular complexity index is 507. The zero-order valence-electron chi connectivity index (χ0n) is 11.8. The van der Waals surface area contributed by atoms with Crippen LogP contribution in [0, 0.1) is 5.41 Å². The molecule has 1 aromatic rings. The minimum Gasteiger partial charge on any atom is -0.384 e. The number of rotatable bonds is 2. The van der Waals surface area contributed by atoms with Crippen LogP contribution in [-0.4, -0.2) is 18.5 Å². The molecule has 0 radical (unpaired) electrons. The Kier molecular flexibility index (Phi) is 3.00. The van der Waals surface area contributed by atoms with Gasteiger partial charge in [-0.2, -0.15) is 0 Å². The van der Waals surface area contributed by atoms with E-state index in [-0.39, 0.29) is 5.91 Å². The minimum atomic E-state index is 0.0809. The van der Waals surface area contributed by atoms with Crippen molar-refractivity contribution < 1.29 is 4.79 Å². The van der Waals surface area contributed by atoms with Gasteiger partial charge in [-0.1, -0.05) is 13.8 Å². The van der Waals surface area contributed by atoms with Gasteiger partial charge in [0.25, 0.3) is 5.91 Å². The van der Waals surface area contributed by atoms with Gasteiger partial charge in [0.2, 0.25) is 0 Å². The summed E-state index contributed by atoms with van der Waals surface area (Å²) >= 11 is 0. The molecule has 1 atom stereocenters. The van der Waals surface area contributed by atoms with Gasteiger partial charge in [-0.25, -0.2) is 0 Å². The van der Waals surface area contributed by atoms with Crippen LogP contribution in [0.25, 0.3) is 0 Å². The lowest BCUT2D eigenvalue weighted by Gasteiger charge is -2.18. The Hall–Kier alpha value is -1.51. The van der Waals surface area contributed by atoms with Crippen LogP contribution in [0.3, 0.4) is 0 Å². The van der Waals surface area contributed by atoms with Gasteiger partial charge in [0.05, 0.1) is 0 Å². The van der Waals surface area contributed by atoms with Crippen LogP contribution in [0.1, 0.15) is 49.0 Å². The fourth-order valence-electron chi connectivity index (χ4n) is 3.27. The van der Waals surface area contributed by atoms with E-state index in [0.717, 1.165) is 31.4 Å². The van der Waals surface area contributed by atoms with Crippen LogP contribution in [0.2, 0.25) is 0 Å². The second kappa shape index (κ2) is 4.55. The molecule has 3 rings (SSSR count). The molecule has 1 amide bonds. The normalized spacial score (nSPS) is 23.8. The van der Waals surface area contributed by atoms with E-state index in [9.17, 15) is 4.79 Å². The average Bonchev–Trinajstić information content (AvgIpc) is 2.94. The molecule has 0 spiro atoms. The molecule has 19 heavy (non-hydrogen) atoms. The number of hydrogen-bond acceptors (Lipinski definition) is 2. The number of hydrogen-bond donors (Lipinski definition) is 2. The average molecular weight is 258 g/mol. The van der Waals surface area contributed by atoms with Gasteiger partial charge >= 0.3 is 0 Å². The summed E-state index contributed by atoms with van der Waals surface area (Å²) < 4.78 is 0. The molecule has 1 saturated carbocycles. The highest BCUT2D eigenvalue weighted by Gasteiger charge is 2.31. The topological polar surface area (TPSA) is 41.1 Å². The second-order valence-corrected chi connectivity index (χ2v) is 6.63. The highest BCUT2D eigenvalue weighted by Crippen LogP contribution is 2.37. The minimum absolute atomic E-state index is 0.0809. The van der Waals surface area contributed by atoms with Crippen molar-refractivity contribution in [2.45, 2.75) is 45.6 Å². The van der Waals surface area contributed by atoms with Crippen molar-refractivity contribution in [3.63, 3.8) is 0 Å². The van der Waals surface area contributed by atoms with Crippen molar-refractivity contribution in [1.29, 1.82) is 0 Å². The van der Waals surface area contributed by atoms with Crippen molar-refractivity contribution in [3.05, 3.63) is 29.3 Å². The highest BCUT2D eigenvalue weighted by atomic mass is 16.1. The lowest BCUT2D eigenvalue weighted by Crippen LogP contribution is -2.33. The molecule has 1 aliphatic carbocycles. The highest BCUT2D eigenvalue weighted by molar-refractivity contribution is 5.95. The van der Waals surface area contributed by atoms with E-state index >= 15 is 0 Å². The first-order valence-electron chi connectivity index (χ1n) is 7.21. The lowest BCUT2D eigenvalue weighted by molar-refractivity contribution is 0.0936. The van der Waals surface area contributed by atoms with Gasteiger partial charge in [-0.3, -0.25) is 4.79 Å². The molecule has 3 heteroatoms. The van der Waals surface area contributed by atoms with Crippen LogP contribution < -0.4 is 10.6 Å². The molecular formula is C16H22N2O. The smallest absolute Gasteiger partial charge is 0.251 e. The molecule has 1 unspecified atom stereocenters. The largest absolute Gasteiger partial charge is 0.384 e. The summed E-state index contributed by atoms with van der Waals surface area (Å²) in [7, 11) is 0. The molecule has 1 fully saturated rings. The Balaban J connectivity index is 1.68. The van der Waals surface area contributed by atoms with Gasteiger partial charge in [0.15, 0.2) is 0 Å². The molecule has 3 nitrogen and oxygen atoms in total. The summed E-state index contributed by atoms with van der Waals surface area (Å²) in [6.45, 7) is 5.54. The summed E-state index contributed by atoms with van der Waals surface area (Å²) in [6, 6.07) is 6.32. The van der Waals surface area contributed by atoms with Crippen LogP contribution >= 0.6 is 0 Å². The summed E-state index contributed by atoms with van der Waals surface area (Å²) in [5, 5.41) is 6.50. The first kappa shape index (κ1) is 12.5. The van der Waals surface area contributed by atoms with Crippen LogP contribution in [0.15, 0.2) is 18.2 Å². The standard InChI is InChI=1S/C16H22N2O/c1-16(2)7-5-13(10-16)18-15(19)12-3-4-14-11(9-12)6-8-17-14/h3-4,9,13,17H,5-8,10H2,1-2H3,(H,18,19). The quantitative estimate of drug-likeness (QED) is 0.856. The Labute approximate surface area is 114 Å². The van der Waals surface area contributed by atoms with E-state index in [1.54, 1.807) is 0 Å². The number of anilines is 1. The van der Waals surface area contributed by atoms with Gasteiger partial charge in [-0.15, -0.1) is 0 Å². The van der Waals surface area contributed by atoms with Gasteiger partial charge < -0.3 is 10.6 Å². The maximum Gasteiger partial charge on any atom is 0.251 e. The molecule has 2 aliphatic rings. The maximum atomic E-state index is 12.3. The Morgan fingerprint density at radius 1 is 1.42 bits per heavy atom. The Morgan fingerprint density at radius 3 is 3.00 bits per heavy atom. The third-order valence-corrected chi connectivity index (χ3v) is 4.38. The number of carbonyl (C=O) groups is 1. The summed E-state index contributed by atoms with van der Waals surface area (Å²) in [5.74, 6) is 0.0809. The van der Waals surface area contributed by atoms with E-state index in [2.05, 4.69) is 24.5 Å². The number of fused-ring (bicyclic) bond motifs is 1. The molecule has 1 aromatic carbocycles. The van der Waals surface area contributed by atoms with Gasteiger partial charge in [0, 0.05) is 23.8 Å². The number of benzene rings is 1. The van der Waals surface area contributed by atoms with Crippen LogP contribution in [0.5, 0.6) is 0 Å². The summed E-state index contributed by atoms with van der Waals surface area (Å²) in [6.07, 6.45) is 4.41.